The fourth-order valence-electron chi connectivity index (χ4n) is 2.62. The molecule has 4 nitrogen and oxygen atoms in total. The maximum absolute atomic E-state index is 12.8. The standard InChI is InChI=1S/C14H19ClN2O2S/c1-2-9-17(12-5-3-4-6-12)20(18,19)14-10-11(15)7-8-13(14)16/h2,7-8,10,12H,1,3-6,9,16H2. The van der Waals surface area contributed by atoms with Crippen molar-refractivity contribution in [2.24, 2.45) is 0 Å². The first kappa shape index (κ1) is 15.4. The number of halogens is 1. The van der Waals surface area contributed by atoms with E-state index in [0.29, 0.717) is 11.6 Å². The van der Waals surface area contributed by atoms with Crippen molar-refractivity contribution < 1.29 is 8.42 Å². The molecular weight excluding hydrogens is 296 g/mol. The first-order valence-electron chi connectivity index (χ1n) is 6.64. The molecule has 110 valence electrons. The van der Waals surface area contributed by atoms with Crippen LogP contribution in [0.5, 0.6) is 0 Å². The molecule has 20 heavy (non-hydrogen) atoms. The fourth-order valence-corrected chi connectivity index (χ4v) is 4.66. The Morgan fingerprint density at radius 2 is 2.05 bits per heavy atom. The molecule has 0 atom stereocenters. The molecule has 0 spiro atoms. The van der Waals surface area contributed by atoms with Crippen LogP contribution in [-0.4, -0.2) is 25.3 Å². The average Bonchev–Trinajstić information content (AvgIpc) is 2.92. The molecule has 2 N–H and O–H groups in total. The number of nitrogens with two attached hydrogens (primary N) is 1. The summed E-state index contributed by atoms with van der Waals surface area (Å²) in [5, 5.41) is 0.364. The summed E-state index contributed by atoms with van der Waals surface area (Å²) < 4.78 is 27.1. The Hall–Kier alpha value is -1.04. The molecule has 0 unspecified atom stereocenters. The molecule has 0 saturated heterocycles. The van der Waals surface area contributed by atoms with Crippen LogP contribution in [0.4, 0.5) is 5.69 Å². The average molecular weight is 315 g/mol. The quantitative estimate of drug-likeness (QED) is 0.671. The Morgan fingerprint density at radius 3 is 2.65 bits per heavy atom. The number of hydrogen-bond donors (Lipinski definition) is 1. The van der Waals surface area contributed by atoms with Gasteiger partial charge in [0, 0.05) is 17.6 Å². The number of rotatable bonds is 5. The van der Waals surface area contributed by atoms with Crippen LogP contribution in [0.3, 0.4) is 0 Å². The van der Waals surface area contributed by atoms with Gasteiger partial charge in [-0.05, 0) is 31.0 Å². The van der Waals surface area contributed by atoms with Crippen molar-refractivity contribution in [2.75, 3.05) is 12.3 Å². The minimum Gasteiger partial charge on any atom is -0.398 e. The summed E-state index contributed by atoms with van der Waals surface area (Å²) >= 11 is 5.91. The van der Waals surface area contributed by atoms with Gasteiger partial charge in [-0.15, -0.1) is 6.58 Å². The summed E-state index contributed by atoms with van der Waals surface area (Å²) in [4.78, 5) is 0.0822. The van der Waals surface area contributed by atoms with Crippen LogP contribution < -0.4 is 5.73 Å². The van der Waals surface area contributed by atoms with Gasteiger partial charge in [-0.3, -0.25) is 0 Å². The van der Waals surface area contributed by atoms with Crippen LogP contribution in [0.1, 0.15) is 25.7 Å². The van der Waals surface area contributed by atoms with Crippen molar-refractivity contribution in [3.63, 3.8) is 0 Å². The second-order valence-corrected chi connectivity index (χ2v) is 7.28. The molecule has 1 fully saturated rings. The minimum atomic E-state index is -3.65. The highest BCUT2D eigenvalue weighted by Gasteiger charge is 2.33. The smallest absolute Gasteiger partial charge is 0.245 e. The summed E-state index contributed by atoms with van der Waals surface area (Å²) in [5.74, 6) is 0. The second kappa shape index (κ2) is 6.16. The van der Waals surface area contributed by atoms with E-state index in [9.17, 15) is 8.42 Å². The van der Waals surface area contributed by atoms with Crippen molar-refractivity contribution in [1.29, 1.82) is 0 Å². The van der Waals surface area contributed by atoms with Gasteiger partial charge in [-0.25, -0.2) is 8.42 Å². The van der Waals surface area contributed by atoms with Gasteiger partial charge in [0.1, 0.15) is 4.90 Å². The zero-order chi connectivity index (χ0) is 14.8. The zero-order valence-corrected chi connectivity index (χ0v) is 12.8. The molecule has 1 aliphatic carbocycles. The van der Waals surface area contributed by atoms with Crippen LogP contribution in [-0.2, 0) is 10.0 Å². The monoisotopic (exact) mass is 314 g/mol. The lowest BCUT2D eigenvalue weighted by molar-refractivity contribution is 0.348. The van der Waals surface area contributed by atoms with Crippen molar-refractivity contribution >= 4 is 27.3 Å². The Morgan fingerprint density at radius 1 is 1.40 bits per heavy atom. The summed E-state index contributed by atoms with van der Waals surface area (Å²) in [6.45, 7) is 3.95. The summed E-state index contributed by atoms with van der Waals surface area (Å²) in [6, 6.07) is 4.55. The highest BCUT2D eigenvalue weighted by molar-refractivity contribution is 7.89. The molecule has 0 radical (unpaired) electrons. The molecule has 2 rings (SSSR count). The van der Waals surface area contributed by atoms with Crippen molar-refractivity contribution in [1.82, 2.24) is 4.31 Å². The summed E-state index contributed by atoms with van der Waals surface area (Å²) in [5.41, 5.74) is 6.04. The Balaban J connectivity index is 2.44. The molecule has 0 aromatic heterocycles. The molecular formula is C14H19ClN2O2S. The third kappa shape index (κ3) is 3.00. The van der Waals surface area contributed by atoms with E-state index < -0.39 is 10.0 Å². The van der Waals surface area contributed by atoms with Gasteiger partial charge in [0.2, 0.25) is 10.0 Å². The van der Waals surface area contributed by atoms with E-state index in [4.69, 9.17) is 17.3 Å². The highest BCUT2D eigenvalue weighted by Crippen LogP contribution is 2.31. The molecule has 0 bridgehead atoms. The van der Waals surface area contributed by atoms with Crippen LogP contribution in [0, 0.1) is 0 Å². The van der Waals surface area contributed by atoms with E-state index in [1.165, 1.54) is 16.4 Å². The lowest BCUT2D eigenvalue weighted by Crippen LogP contribution is -2.39. The summed E-state index contributed by atoms with van der Waals surface area (Å²) in [7, 11) is -3.65. The van der Waals surface area contributed by atoms with Crippen LogP contribution >= 0.6 is 11.6 Å². The lowest BCUT2D eigenvalue weighted by Gasteiger charge is -2.27. The number of nitrogen functional groups attached to an aromatic ring is 1. The third-order valence-electron chi connectivity index (χ3n) is 3.60. The van der Waals surface area contributed by atoms with Gasteiger partial charge < -0.3 is 5.73 Å². The molecule has 1 aliphatic rings. The van der Waals surface area contributed by atoms with Crippen molar-refractivity contribution in [3.05, 3.63) is 35.9 Å². The van der Waals surface area contributed by atoms with Gasteiger partial charge in [0.05, 0.1) is 5.69 Å². The topological polar surface area (TPSA) is 63.4 Å². The molecule has 0 amide bonds. The van der Waals surface area contributed by atoms with Crippen molar-refractivity contribution in [3.8, 4) is 0 Å². The molecule has 1 saturated carbocycles. The normalized spacial score (nSPS) is 16.7. The number of anilines is 1. The van der Waals surface area contributed by atoms with E-state index in [1.54, 1.807) is 12.1 Å². The second-order valence-electron chi connectivity index (χ2n) is 4.98. The van der Waals surface area contributed by atoms with Gasteiger partial charge in [0.25, 0.3) is 0 Å². The summed E-state index contributed by atoms with van der Waals surface area (Å²) in [6.07, 6.45) is 5.48. The lowest BCUT2D eigenvalue weighted by atomic mass is 10.2. The number of benzene rings is 1. The number of nitrogens with zero attached hydrogens (tertiary/aromatic N) is 1. The molecule has 0 aliphatic heterocycles. The maximum Gasteiger partial charge on any atom is 0.245 e. The number of sulfonamides is 1. The van der Waals surface area contributed by atoms with Gasteiger partial charge in [0.15, 0.2) is 0 Å². The van der Waals surface area contributed by atoms with Crippen LogP contribution in [0.25, 0.3) is 0 Å². The minimum absolute atomic E-state index is 0.0244. The Kier molecular flexibility index (Phi) is 4.73. The van der Waals surface area contributed by atoms with Gasteiger partial charge in [-0.1, -0.05) is 30.5 Å². The third-order valence-corrected chi connectivity index (χ3v) is 5.81. The molecule has 6 heteroatoms. The van der Waals surface area contributed by atoms with E-state index in [2.05, 4.69) is 6.58 Å². The fraction of sp³-hybridized carbons (Fsp3) is 0.429. The van der Waals surface area contributed by atoms with E-state index in [1.807, 2.05) is 0 Å². The molecule has 1 aromatic rings. The zero-order valence-electron chi connectivity index (χ0n) is 11.3. The Labute approximate surface area is 125 Å². The SMILES string of the molecule is C=CCN(C1CCCC1)S(=O)(=O)c1cc(Cl)ccc1N. The first-order valence-corrected chi connectivity index (χ1v) is 8.46. The largest absolute Gasteiger partial charge is 0.398 e. The van der Waals surface area contributed by atoms with Crippen molar-refractivity contribution in [2.45, 2.75) is 36.6 Å². The predicted molar refractivity (Wildman–Crippen MR) is 82.2 cm³/mol. The molecule has 0 heterocycles. The van der Waals surface area contributed by atoms with Crippen LogP contribution in [0.15, 0.2) is 35.7 Å². The molecule has 1 aromatic carbocycles. The van der Waals surface area contributed by atoms with E-state index in [-0.39, 0.29) is 16.6 Å². The highest BCUT2D eigenvalue weighted by atomic mass is 35.5. The first-order chi connectivity index (χ1) is 9.46. The van der Waals surface area contributed by atoms with E-state index in [0.717, 1.165) is 25.7 Å². The Bertz CT molecular complexity index is 595. The van der Waals surface area contributed by atoms with Gasteiger partial charge >= 0.3 is 0 Å². The maximum atomic E-state index is 12.8. The van der Waals surface area contributed by atoms with E-state index >= 15 is 0 Å². The predicted octanol–water partition coefficient (Wildman–Crippen LogP) is 3.04. The van der Waals surface area contributed by atoms with Gasteiger partial charge in [-0.2, -0.15) is 4.31 Å². The number of hydrogen-bond acceptors (Lipinski definition) is 3. The van der Waals surface area contributed by atoms with Crippen LogP contribution in [0.2, 0.25) is 5.02 Å².